The molecule has 0 saturated carbocycles. The molecule has 0 bridgehead atoms. The van der Waals surface area contributed by atoms with Crippen LogP contribution in [0, 0.1) is 6.92 Å². The maximum absolute atomic E-state index is 13.1. The Morgan fingerprint density at radius 3 is 2.43 bits per heavy atom. The number of rotatable bonds is 8. The molecule has 1 aromatic heterocycles. The topological polar surface area (TPSA) is 60.9 Å². The van der Waals surface area contributed by atoms with Gasteiger partial charge in [-0.2, -0.15) is 0 Å². The van der Waals surface area contributed by atoms with Gasteiger partial charge in [-0.05, 0) is 37.0 Å². The zero-order valence-electron chi connectivity index (χ0n) is 16.5. The Hall–Kier alpha value is -2.44. The highest BCUT2D eigenvalue weighted by Crippen LogP contribution is 2.39. The van der Waals surface area contributed by atoms with Crippen molar-refractivity contribution in [2.45, 2.75) is 26.8 Å². The minimum absolute atomic E-state index is 0.177. The number of hydrogen-bond acceptors (Lipinski definition) is 5. The molecule has 1 aliphatic heterocycles. The van der Waals surface area contributed by atoms with Crippen molar-refractivity contribution in [3.8, 4) is 0 Å². The molecular weight excluding hydrogens is 372 g/mol. The van der Waals surface area contributed by atoms with Crippen LogP contribution in [-0.2, 0) is 4.79 Å². The summed E-state index contributed by atoms with van der Waals surface area (Å²) in [7, 11) is 0. The van der Waals surface area contributed by atoms with Crippen LogP contribution in [0.1, 0.15) is 40.7 Å². The van der Waals surface area contributed by atoms with E-state index < -0.39 is 17.7 Å². The monoisotopic (exact) mass is 398 g/mol. The molecule has 1 aliphatic rings. The molecule has 1 N–H and O–H groups in total. The first-order chi connectivity index (χ1) is 13.5. The van der Waals surface area contributed by atoms with Gasteiger partial charge in [-0.15, -0.1) is 11.3 Å². The number of amides is 1. The van der Waals surface area contributed by atoms with E-state index >= 15 is 0 Å². The maximum atomic E-state index is 13.1. The first-order valence-corrected chi connectivity index (χ1v) is 10.5. The Labute approximate surface area is 169 Å². The van der Waals surface area contributed by atoms with Crippen molar-refractivity contribution >= 4 is 23.0 Å². The molecule has 1 aromatic carbocycles. The number of aliphatic hydroxyl groups is 1. The SMILES string of the molecule is CCN(CC)CCN1C(=O)C(O)=C(C(=O)c2cccs2)[C@H]1c1ccc(C)cc1. The van der Waals surface area contributed by atoms with E-state index in [2.05, 4.69) is 18.7 Å². The average Bonchev–Trinajstić information content (AvgIpc) is 3.32. The molecule has 0 radical (unpaired) electrons. The van der Waals surface area contributed by atoms with Gasteiger partial charge in [0, 0.05) is 13.1 Å². The van der Waals surface area contributed by atoms with Crippen molar-refractivity contribution in [1.82, 2.24) is 9.80 Å². The third-order valence-corrected chi connectivity index (χ3v) is 6.11. The first kappa shape index (κ1) is 20.3. The Balaban J connectivity index is 1.99. The van der Waals surface area contributed by atoms with Crippen LogP contribution in [0.15, 0.2) is 53.1 Å². The zero-order chi connectivity index (χ0) is 20.3. The van der Waals surface area contributed by atoms with E-state index in [0.717, 1.165) is 24.2 Å². The number of ketones is 1. The predicted octanol–water partition coefficient (Wildman–Crippen LogP) is 3.98. The predicted molar refractivity (Wildman–Crippen MR) is 112 cm³/mol. The van der Waals surface area contributed by atoms with Gasteiger partial charge >= 0.3 is 0 Å². The van der Waals surface area contributed by atoms with Gasteiger partial charge in [-0.3, -0.25) is 9.59 Å². The summed E-state index contributed by atoms with van der Waals surface area (Å²) in [6.07, 6.45) is 0. The van der Waals surface area contributed by atoms with Crippen LogP contribution in [-0.4, -0.2) is 52.8 Å². The second kappa shape index (κ2) is 8.71. The van der Waals surface area contributed by atoms with Crippen LogP contribution >= 0.6 is 11.3 Å². The Bertz CT molecular complexity index is 868. The quantitative estimate of drug-likeness (QED) is 0.684. The number of Topliss-reactive ketones (excluding diaryl/α,β-unsaturated/α-hetero) is 1. The number of aliphatic hydroxyl groups excluding tert-OH is 1. The molecule has 0 spiro atoms. The smallest absolute Gasteiger partial charge is 0.290 e. The lowest BCUT2D eigenvalue weighted by Gasteiger charge is -2.29. The van der Waals surface area contributed by atoms with Crippen LogP contribution in [0.2, 0.25) is 0 Å². The van der Waals surface area contributed by atoms with Gasteiger partial charge in [-0.1, -0.05) is 49.7 Å². The Morgan fingerprint density at radius 1 is 1.18 bits per heavy atom. The van der Waals surface area contributed by atoms with Gasteiger partial charge in [0.15, 0.2) is 5.76 Å². The van der Waals surface area contributed by atoms with Crippen LogP contribution < -0.4 is 0 Å². The molecule has 148 valence electrons. The van der Waals surface area contributed by atoms with Crippen LogP contribution in [0.4, 0.5) is 0 Å². The van der Waals surface area contributed by atoms with Gasteiger partial charge in [0.25, 0.3) is 5.91 Å². The number of likely N-dealkylation sites (N-methyl/N-ethyl adjacent to an activating group) is 1. The van der Waals surface area contributed by atoms with E-state index in [-0.39, 0.29) is 11.4 Å². The molecule has 1 amide bonds. The summed E-state index contributed by atoms with van der Waals surface area (Å²) in [6, 6.07) is 10.7. The molecule has 2 aromatic rings. The van der Waals surface area contributed by atoms with E-state index in [1.54, 1.807) is 17.0 Å². The summed E-state index contributed by atoms with van der Waals surface area (Å²) in [6.45, 7) is 9.05. The Morgan fingerprint density at radius 2 is 1.86 bits per heavy atom. The summed E-state index contributed by atoms with van der Waals surface area (Å²) in [5, 5.41) is 12.4. The molecule has 0 aliphatic carbocycles. The van der Waals surface area contributed by atoms with Crippen molar-refractivity contribution in [2.75, 3.05) is 26.2 Å². The summed E-state index contributed by atoms with van der Waals surface area (Å²) in [5.74, 6) is -1.18. The van der Waals surface area contributed by atoms with Crippen molar-refractivity contribution in [1.29, 1.82) is 0 Å². The number of thiophene rings is 1. The molecule has 3 rings (SSSR count). The highest BCUT2D eigenvalue weighted by atomic mass is 32.1. The summed E-state index contributed by atoms with van der Waals surface area (Å²) >= 11 is 1.31. The van der Waals surface area contributed by atoms with E-state index in [1.165, 1.54) is 11.3 Å². The molecule has 0 unspecified atom stereocenters. The molecular formula is C22H26N2O3S. The van der Waals surface area contributed by atoms with Gasteiger partial charge in [-0.25, -0.2) is 0 Å². The molecule has 5 nitrogen and oxygen atoms in total. The Kier molecular flexibility index (Phi) is 6.31. The first-order valence-electron chi connectivity index (χ1n) is 9.59. The highest BCUT2D eigenvalue weighted by molar-refractivity contribution is 7.12. The standard InChI is InChI=1S/C22H26N2O3S/c1-4-23(5-2)12-13-24-19(16-10-8-15(3)9-11-16)18(21(26)22(24)27)20(25)17-7-6-14-28-17/h6-11,14,19,26H,4-5,12-13H2,1-3H3/t19-/m1/s1. The summed E-state index contributed by atoms with van der Waals surface area (Å²) in [5.41, 5.74) is 2.11. The van der Waals surface area contributed by atoms with Gasteiger partial charge < -0.3 is 14.9 Å². The van der Waals surface area contributed by atoms with E-state index in [9.17, 15) is 14.7 Å². The fourth-order valence-electron chi connectivity index (χ4n) is 3.54. The number of aryl methyl sites for hydroxylation is 1. The van der Waals surface area contributed by atoms with Crippen molar-refractivity contribution in [3.05, 3.63) is 69.1 Å². The molecule has 6 heteroatoms. The zero-order valence-corrected chi connectivity index (χ0v) is 17.3. The van der Waals surface area contributed by atoms with Crippen LogP contribution in [0.5, 0.6) is 0 Å². The van der Waals surface area contributed by atoms with E-state index in [1.807, 2.05) is 36.6 Å². The minimum atomic E-state index is -0.571. The normalized spacial score (nSPS) is 17.1. The van der Waals surface area contributed by atoms with Crippen molar-refractivity contribution < 1.29 is 14.7 Å². The third-order valence-electron chi connectivity index (χ3n) is 5.24. The van der Waals surface area contributed by atoms with Crippen molar-refractivity contribution in [2.24, 2.45) is 0 Å². The third kappa shape index (κ3) is 3.88. The number of carbonyl (C=O) groups excluding carboxylic acids is 2. The average molecular weight is 399 g/mol. The number of carbonyl (C=O) groups is 2. The molecule has 0 saturated heterocycles. The lowest BCUT2D eigenvalue weighted by Crippen LogP contribution is -2.38. The molecule has 0 fully saturated rings. The number of benzene rings is 1. The molecule has 28 heavy (non-hydrogen) atoms. The summed E-state index contributed by atoms with van der Waals surface area (Å²) < 4.78 is 0. The maximum Gasteiger partial charge on any atom is 0.290 e. The second-order valence-corrected chi connectivity index (χ2v) is 7.86. The van der Waals surface area contributed by atoms with Gasteiger partial charge in [0.2, 0.25) is 5.78 Å². The highest BCUT2D eigenvalue weighted by Gasteiger charge is 2.43. The summed E-state index contributed by atoms with van der Waals surface area (Å²) in [4.78, 5) is 30.4. The second-order valence-electron chi connectivity index (χ2n) is 6.91. The molecule has 2 heterocycles. The van der Waals surface area contributed by atoms with E-state index in [0.29, 0.717) is 18.0 Å². The van der Waals surface area contributed by atoms with Crippen molar-refractivity contribution in [3.63, 3.8) is 0 Å². The lowest BCUT2D eigenvalue weighted by molar-refractivity contribution is -0.129. The van der Waals surface area contributed by atoms with Gasteiger partial charge in [0.1, 0.15) is 0 Å². The minimum Gasteiger partial charge on any atom is -0.503 e. The fourth-order valence-corrected chi connectivity index (χ4v) is 4.22. The van der Waals surface area contributed by atoms with Crippen LogP contribution in [0.3, 0.4) is 0 Å². The largest absolute Gasteiger partial charge is 0.503 e. The number of nitrogens with zero attached hydrogens (tertiary/aromatic N) is 2. The number of hydrogen-bond donors (Lipinski definition) is 1. The van der Waals surface area contributed by atoms with E-state index in [4.69, 9.17) is 0 Å². The van der Waals surface area contributed by atoms with Gasteiger partial charge in [0.05, 0.1) is 16.5 Å². The fraction of sp³-hybridized carbons (Fsp3) is 0.364. The van der Waals surface area contributed by atoms with Crippen LogP contribution in [0.25, 0.3) is 0 Å². The molecule has 1 atom stereocenters. The lowest BCUT2D eigenvalue weighted by atomic mass is 9.95.